The molecule has 0 radical (unpaired) electrons. The zero-order chi connectivity index (χ0) is 12.6. The van der Waals surface area contributed by atoms with Crippen molar-refractivity contribution in [2.45, 2.75) is 35.4 Å². The highest BCUT2D eigenvalue weighted by molar-refractivity contribution is 7.92. The molecule has 2 rings (SSSR count). The van der Waals surface area contributed by atoms with Crippen molar-refractivity contribution < 1.29 is 8.42 Å². The van der Waals surface area contributed by atoms with Gasteiger partial charge >= 0.3 is 0 Å². The monoisotopic (exact) mass is 293 g/mol. The third-order valence-corrected chi connectivity index (χ3v) is 6.11. The molecule has 3 nitrogen and oxygen atoms in total. The lowest BCUT2D eigenvalue weighted by Gasteiger charge is -2.17. The molecule has 0 bridgehead atoms. The molecule has 1 aliphatic rings. The molecule has 1 fully saturated rings. The van der Waals surface area contributed by atoms with Crippen LogP contribution in [0.15, 0.2) is 23.1 Å². The fourth-order valence-electron chi connectivity index (χ4n) is 2.20. The van der Waals surface area contributed by atoms with Gasteiger partial charge in [0.25, 0.3) is 0 Å². The number of halogens is 2. The first-order chi connectivity index (χ1) is 7.93. The lowest BCUT2D eigenvalue weighted by atomic mass is 10.3. The number of benzene rings is 1. The molecule has 0 aromatic heterocycles. The molecular weight excluding hydrogens is 281 g/mol. The van der Waals surface area contributed by atoms with Crippen molar-refractivity contribution in [3.63, 3.8) is 0 Å². The van der Waals surface area contributed by atoms with E-state index in [2.05, 4.69) is 0 Å². The smallest absolute Gasteiger partial charge is 0.184 e. The Morgan fingerprint density at radius 3 is 2.53 bits per heavy atom. The van der Waals surface area contributed by atoms with E-state index in [1.165, 1.54) is 12.1 Å². The Labute approximate surface area is 111 Å². The van der Waals surface area contributed by atoms with Crippen molar-refractivity contribution in [3.05, 3.63) is 28.2 Å². The Morgan fingerprint density at radius 1 is 1.24 bits per heavy atom. The lowest BCUT2D eigenvalue weighted by Crippen LogP contribution is -2.35. The summed E-state index contributed by atoms with van der Waals surface area (Å²) >= 11 is 11.7. The fourth-order valence-corrected chi connectivity index (χ4v) is 4.91. The third-order valence-electron chi connectivity index (χ3n) is 3.10. The molecule has 0 saturated heterocycles. The second kappa shape index (κ2) is 4.76. The van der Waals surface area contributed by atoms with E-state index in [1.807, 2.05) is 0 Å². The number of nitrogens with two attached hydrogens (primary N) is 1. The van der Waals surface area contributed by atoms with Crippen molar-refractivity contribution in [1.82, 2.24) is 0 Å². The Hall–Kier alpha value is -0.290. The van der Waals surface area contributed by atoms with Gasteiger partial charge in [0.1, 0.15) is 0 Å². The predicted molar refractivity (Wildman–Crippen MR) is 69.3 cm³/mol. The van der Waals surface area contributed by atoms with Crippen LogP contribution in [0.3, 0.4) is 0 Å². The quantitative estimate of drug-likeness (QED) is 0.912. The van der Waals surface area contributed by atoms with Crippen molar-refractivity contribution in [2.24, 2.45) is 5.73 Å². The van der Waals surface area contributed by atoms with Gasteiger partial charge in [0.2, 0.25) is 0 Å². The summed E-state index contributed by atoms with van der Waals surface area (Å²) in [6.07, 6.45) is 2.16. The first-order valence-corrected chi connectivity index (χ1v) is 7.67. The second-order valence-electron chi connectivity index (χ2n) is 4.25. The topological polar surface area (TPSA) is 60.2 Å². The molecule has 17 heavy (non-hydrogen) atoms. The lowest BCUT2D eigenvalue weighted by molar-refractivity contribution is 0.568. The average molecular weight is 294 g/mol. The van der Waals surface area contributed by atoms with Crippen LogP contribution in [0.25, 0.3) is 0 Å². The molecule has 1 saturated carbocycles. The van der Waals surface area contributed by atoms with Crippen molar-refractivity contribution >= 4 is 33.0 Å². The highest BCUT2D eigenvalue weighted by Gasteiger charge is 2.37. The van der Waals surface area contributed by atoms with Gasteiger partial charge in [0, 0.05) is 11.1 Å². The Kier molecular flexibility index (Phi) is 3.69. The molecule has 1 aromatic carbocycles. The maximum absolute atomic E-state index is 12.4. The predicted octanol–water partition coefficient (Wildman–Crippen LogP) is 2.65. The van der Waals surface area contributed by atoms with Crippen LogP contribution >= 0.6 is 23.2 Å². The minimum atomic E-state index is -3.48. The van der Waals surface area contributed by atoms with E-state index in [-0.39, 0.29) is 16.0 Å². The molecule has 2 N–H and O–H groups in total. The molecule has 0 amide bonds. The number of rotatable bonds is 2. The van der Waals surface area contributed by atoms with E-state index in [4.69, 9.17) is 28.9 Å². The highest BCUT2D eigenvalue weighted by atomic mass is 35.5. The molecule has 0 spiro atoms. The van der Waals surface area contributed by atoms with E-state index in [1.54, 1.807) is 6.07 Å². The summed E-state index contributed by atoms with van der Waals surface area (Å²) < 4.78 is 24.8. The zero-order valence-corrected chi connectivity index (χ0v) is 11.4. The molecule has 6 heteroatoms. The van der Waals surface area contributed by atoms with Crippen LogP contribution in [0.4, 0.5) is 0 Å². The van der Waals surface area contributed by atoms with Crippen LogP contribution in [0, 0.1) is 0 Å². The molecule has 0 aliphatic heterocycles. The maximum Gasteiger partial charge on any atom is 0.184 e. The van der Waals surface area contributed by atoms with Gasteiger partial charge in [-0.1, -0.05) is 29.6 Å². The molecule has 1 aliphatic carbocycles. The molecule has 1 aromatic rings. The first kappa shape index (κ1) is 13.1. The van der Waals surface area contributed by atoms with E-state index < -0.39 is 15.1 Å². The summed E-state index contributed by atoms with van der Waals surface area (Å²) in [5.74, 6) is 0. The number of sulfone groups is 1. The van der Waals surface area contributed by atoms with Crippen LogP contribution < -0.4 is 5.73 Å². The Morgan fingerprint density at radius 2 is 1.94 bits per heavy atom. The van der Waals surface area contributed by atoms with Gasteiger partial charge in [-0.05, 0) is 31.0 Å². The Bertz CT molecular complexity index is 530. The fraction of sp³-hybridized carbons (Fsp3) is 0.455. The minimum absolute atomic E-state index is 0.0917. The van der Waals surface area contributed by atoms with Crippen LogP contribution in [0.2, 0.25) is 10.0 Å². The SMILES string of the molecule is NC1CCCC1S(=O)(=O)c1cc(Cl)ccc1Cl. The van der Waals surface area contributed by atoms with Gasteiger partial charge in [-0.2, -0.15) is 0 Å². The van der Waals surface area contributed by atoms with Gasteiger partial charge in [0.05, 0.1) is 15.2 Å². The van der Waals surface area contributed by atoms with Gasteiger partial charge in [-0.15, -0.1) is 0 Å². The largest absolute Gasteiger partial charge is 0.327 e. The van der Waals surface area contributed by atoms with E-state index in [0.717, 1.165) is 12.8 Å². The summed E-state index contributed by atoms with van der Waals surface area (Å²) in [4.78, 5) is 0.0917. The van der Waals surface area contributed by atoms with Crippen LogP contribution in [-0.4, -0.2) is 19.7 Å². The first-order valence-electron chi connectivity index (χ1n) is 5.37. The summed E-state index contributed by atoms with van der Waals surface area (Å²) in [6.45, 7) is 0. The van der Waals surface area contributed by atoms with Crippen LogP contribution in [0.5, 0.6) is 0 Å². The molecule has 94 valence electrons. The van der Waals surface area contributed by atoms with Gasteiger partial charge < -0.3 is 5.73 Å². The van der Waals surface area contributed by atoms with E-state index in [0.29, 0.717) is 11.4 Å². The van der Waals surface area contributed by atoms with Crippen molar-refractivity contribution in [3.8, 4) is 0 Å². The number of hydrogen-bond acceptors (Lipinski definition) is 3. The molecule has 2 unspecified atom stereocenters. The molecule has 2 atom stereocenters. The molecule has 0 heterocycles. The molecular formula is C11H13Cl2NO2S. The zero-order valence-electron chi connectivity index (χ0n) is 9.07. The summed E-state index contributed by atoms with van der Waals surface area (Å²) in [6, 6.07) is 4.15. The average Bonchev–Trinajstić information content (AvgIpc) is 2.68. The van der Waals surface area contributed by atoms with E-state index in [9.17, 15) is 8.42 Å². The number of hydrogen-bond donors (Lipinski definition) is 1. The van der Waals surface area contributed by atoms with E-state index >= 15 is 0 Å². The Balaban J connectivity index is 2.48. The van der Waals surface area contributed by atoms with Crippen molar-refractivity contribution in [1.29, 1.82) is 0 Å². The van der Waals surface area contributed by atoms with Gasteiger partial charge in [-0.3, -0.25) is 0 Å². The normalized spacial score (nSPS) is 25.1. The van der Waals surface area contributed by atoms with Gasteiger partial charge in [-0.25, -0.2) is 8.42 Å². The summed E-state index contributed by atoms with van der Waals surface area (Å²) in [5, 5.41) is 0.0199. The summed E-state index contributed by atoms with van der Waals surface area (Å²) in [5.41, 5.74) is 5.84. The summed E-state index contributed by atoms with van der Waals surface area (Å²) in [7, 11) is -3.48. The second-order valence-corrected chi connectivity index (χ2v) is 7.23. The van der Waals surface area contributed by atoms with Gasteiger partial charge in [0.15, 0.2) is 9.84 Å². The minimum Gasteiger partial charge on any atom is -0.327 e. The maximum atomic E-state index is 12.4. The highest BCUT2D eigenvalue weighted by Crippen LogP contribution is 2.33. The third kappa shape index (κ3) is 2.45. The van der Waals surface area contributed by atoms with Crippen molar-refractivity contribution in [2.75, 3.05) is 0 Å². The van der Waals surface area contributed by atoms with Crippen LogP contribution in [0.1, 0.15) is 19.3 Å². The van der Waals surface area contributed by atoms with Crippen LogP contribution in [-0.2, 0) is 9.84 Å². The standard InChI is InChI=1S/C11H13Cl2NO2S/c12-7-4-5-8(13)11(6-7)17(15,16)10-3-1-2-9(10)14/h4-6,9-10H,1-3,14H2.